The molecule has 0 bridgehead atoms. The van der Waals surface area contributed by atoms with Crippen molar-refractivity contribution in [2.45, 2.75) is 43.1 Å². The van der Waals surface area contributed by atoms with Gasteiger partial charge >= 0.3 is 0 Å². The minimum atomic E-state index is -0.538. The molecule has 2 heterocycles. The first-order valence-corrected chi connectivity index (χ1v) is 10.4. The molecule has 4 rings (SSSR count). The van der Waals surface area contributed by atoms with Crippen LogP contribution in [-0.4, -0.2) is 26.0 Å². The molecule has 1 amide bonds. The van der Waals surface area contributed by atoms with Gasteiger partial charge in [-0.2, -0.15) is 0 Å². The number of aryl methyl sites for hydroxylation is 2. The van der Waals surface area contributed by atoms with E-state index in [4.69, 9.17) is 0 Å². The third kappa shape index (κ3) is 3.98. The van der Waals surface area contributed by atoms with Crippen LogP contribution in [-0.2, 0) is 11.2 Å². The van der Waals surface area contributed by atoms with E-state index in [1.165, 1.54) is 17.8 Å². The second-order valence-electron chi connectivity index (χ2n) is 7.01. The van der Waals surface area contributed by atoms with Crippen molar-refractivity contribution in [2.75, 3.05) is 10.7 Å². The predicted molar refractivity (Wildman–Crippen MR) is 112 cm³/mol. The van der Waals surface area contributed by atoms with Crippen molar-refractivity contribution in [1.82, 2.24) is 14.9 Å². The topological polar surface area (TPSA) is 71.8 Å². The summed E-state index contributed by atoms with van der Waals surface area (Å²) in [7, 11) is 0. The molecule has 8 heteroatoms. The molecular weight excluding hydrogens is 389 g/mol. The van der Waals surface area contributed by atoms with Gasteiger partial charge in [0.25, 0.3) is 0 Å². The van der Waals surface area contributed by atoms with Gasteiger partial charge in [-0.3, -0.25) is 4.79 Å². The second kappa shape index (κ2) is 8.24. The van der Waals surface area contributed by atoms with Crippen LogP contribution in [0.25, 0.3) is 0 Å². The zero-order chi connectivity index (χ0) is 20.4. The first-order valence-electron chi connectivity index (χ1n) is 9.56. The molecule has 150 valence electrons. The molecule has 6 nitrogen and oxygen atoms in total. The van der Waals surface area contributed by atoms with Crippen LogP contribution in [0.4, 0.5) is 10.1 Å². The summed E-state index contributed by atoms with van der Waals surface area (Å²) in [4.78, 5) is 13.1. The van der Waals surface area contributed by atoms with Gasteiger partial charge in [-0.05, 0) is 31.0 Å². The van der Waals surface area contributed by atoms with E-state index in [0.717, 1.165) is 29.8 Å². The molecule has 0 fully saturated rings. The van der Waals surface area contributed by atoms with Crippen molar-refractivity contribution in [3.8, 4) is 0 Å². The lowest BCUT2D eigenvalue weighted by atomic mass is 10.0. The highest BCUT2D eigenvalue weighted by molar-refractivity contribution is 8.00. The Morgan fingerprint density at radius 2 is 1.97 bits per heavy atom. The van der Waals surface area contributed by atoms with Gasteiger partial charge in [0.15, 0.2) is 5.82 Å². The van der Waals surface area contributed by atoms with E-state index < -0.39 is 11.1 Å². The number of halogens is 1. The largest absolute Gasteiger partial charge is 0.323 e. The Kier molecular flexibility index (Phi) is 5.53. The lowest BCUT2D eigenvalue weighted by Crippen LogP contribution is -2.41. The minimum absolute atomic E-state index is 0.166. The van der Waals surface area contributed by atoms with Crippen molar-refractivity contribution in [2.24, 2.45) is 0 Å². The summed E-state index contributed by atoms with van der Waals surface area (Å²) in [6.07, 6.45) is 1.73. The number of thioether (sulfide) groups is 1. The molecule has 3 aromatic rings. The molecule has 2 N–H and O–H groups in total. The smallest absolute Gasteiger partial charge is 0.240 e. The first kappa shape index (κ1) is 19.4. The summed E-state index contributed by atoms with van der Waals surface area (Å²) in [5, 5.41) is 11.3. The highest BCUT2D eigenvalue weighted by atomic mass is 32.2. The Balaban J connectivity index is 1.67. The Labute approximate surface area is 172 Å². The number of rotatable bonds is 5. The fourth-order valence-corrected chi connectivity index (χ4v) is 4.37. The predicted octanol–water partition coefficient (Wildman–Crippen LogP) is 4.08. The maximum atomic E-state index is 14.0. The number of hydrogen-bond donors (Lipinski definition) is 2. The van der Waals surface area contributed by atoms with Crippen molar-refractivity contribution in [1.29, 1.82) is 0 Å². The Bertz CT molecular complexity index is 1020. The van der Waals surface area contributed by atoms with Gasteiger partial charge in [0.2, 0.25) is 11.1 Å². The summed E-state index contributed by atoms with van der Waals surface area (Å²) >= 11 is 1.34. The molecular formula is C21H22FN5OS. The minimum Gasteiger partial charge on any atom is -0.323 e. The average molecular weight is 412 g/mol. The fraction of sp³-hybridized carbons (Fsp3) is 0.286. The zero-order valence-electron chi connectivity index (χ0n) is 16.2. The number of aromatic nitrogens is 3. The molecule has 1 aliphatic heterocycles. The van der Waals surface area contributed by atoms with Crippen molar-refractivity contribution < 1.29 is 9.18 Å². The van der Waals surface area contributed by atoms with E-state index in [0.29, 0.717) is 5.16 Å². The number of nitrogens with one attached hydrogen (secondary N) is 2. The lowest BCUT2D eigenvalue weighted by molar-refractivity contribution is -0.116. The Morgan fingerprint density at radius 3 is 2.69 bits per heavy atom. The highest BCUT2D eigenvalue weighted by Gasteiger charge is 2.37. The standard InChI is InChI=1S/C21H22FN5OS/c1-3-6-17-24-25-21-27(17)26-18(14-11-9-13(2)10-12-14)19(29-21)20(28)23-16-8-5-4-7-15(16)22/h4-5,7-12,18-19,26H,3,6H2,1-2H3,(H,23,28)/t18-,19-/m1/s1. The summed E-state index contributed by atoms with van der Waals surface area (Å²) in [5.74, 6) is 0.0828. The molecule has 1 aromatic heterocycles. The van der Waals surface area contributed by atoms with Crippen molar-refractivity contribution in [3.63, 3.8) is 0 Å². The monoisotopic (exact) mass is 411 g/mol. The summed E-state index contributed by atoms with van der Waals surface area (Å²) in [5.41, 5.74) is 5.69. The van der Waals surface area contributed by atoms with Crippen LogP contribution in [0.5, 0.6) is 0 Å². The van der Waals surface area contributed by atoms with Crippen LogP contribution in [0.3, 0.4) is 0 Å². The normalized spacial score (nSPS) is 18.0. The van der Waals surface area contributed by atoms with E-state index in [-0.39, 0.29) is 17.6 Å². The van der Waals surface area contributed by atoms with Crippen LogP contribution in [0.1, 0.15) is 36.3 Å². The molecule has 2 atom stereocenters. The summed E-state index contributed by atoms with van der Waals surface area (Å²) < 4.78 is 15.9. The van der Waals surface area contributed by atoms with E-state index in [2.05, 4.69) is 27.9 Å². The Morgan fingerprint density at radius 1 is 1.21 bits per heavy atom. The third-order valence-electron chi connectivity index (χ3n) is 4.80. The SMILES string of the molecule is CCCc1nnc2n1N[C@H](c1ccc(C)cc1)[C@H](C(=O)Nc1ccccc1F)S2. The number of fused-ring (bicyclic) bond motifs is 1. The molecule has 0 unspecified atom stereocenters. The van der Waals surface area contributed by atoms with E-state index in [1.807, 2.05) is 35.9 Å². The van der Waals surface area contributed by atoms with Gasteiger partial charge in [-0.25, -0.2) is 9.07 Å². The van der Waals surface area contributed by atoms with Gasteiger partial charge in [0, 0.05) is 6.42 Å². The lowest BCUT2D eigenvalue weighted by Gasteiger charge is -2.33. The Hall–Kier alpha value is -2.87. The summed E-state index contributed by atoms with van der Waals surface area (Å²) in [6.45, 7) is 4.10. The van der Waals surface area contributed by atoms with E-state index in [1.54, 1.807) is 18.2 Å². The van der Waals surface area contributed by atoms with Crippen molar-refractivity contribution in [3.05, 3.63) is 71.3 Å². The zero-order valence-corrected chi connectivity index (χ0v) is 17.0. The van der Waals surface area contributed by atoms with Crippen molar-refractivity contribution >= 4 is 23.4 Å². The maximum absolute atomic E-state index is 14.0. The molecule has 2 aromatic carbocycles. The van der Waals surface area contributed by atoms with Gasteiger partial charge in [-0.1, -0.05) is 60.6 Å². The fourth-order valence-electron chi connectivity index (χ4n) is 3.27. The maximum Gasteiger partial charge on any atom is 0.240 e. The van der Waals surface area contributed by atoms with E-state index >= 15 is 0 Å². The molecule has 0 spiro atoms. The van der Waals surface area contributed by atoms with Crippen LogP contribution in [0.2, 0.25) is 0 Å². The number of nitrogens with zero attached hydrogens (tertiary/aromatic N) is 3. The number of amides is 1. The molecule has 1 aliphatic rings. The van der Waals surface area contributed by atoms with Gasteiger partial charge < -0.3 is 10.7 Å². The number of carbonyl (C=O) groups excluding carboxylic acids is 1. The quantitative estimate of drug-likeness (QED) is 0.662. The highest BCUT2D eigenvalue weighted by Crippen LogP contribution is 2.37. The number of hydrogen-bond acceptors (Lipinski definition) is 5. The summed E-state index contributed by atoms with van der Waals surface area (Å²) in [6, 6.07) is 13.9. The van der Waals surface area contributed by atoms with Gasteiger partial charge in [0.05, 0.1) is 11.7 Å². The molecule has 0 saturated heterocycles. The molecule has 0 saturated carbocycles. The molecule has 29 heavy (non-hydrogen) atoms. The number of benzene rings is 2. The number of anilines is 1. The average Bonchev–Trinajstić information content (AvgIpc) is 3.11. The first-order chi connectivity index (χ1) is 14.1. The van der Waals surface area contributed by atoms with Crippen LogP contribution in [0.15, 0.2) is 53.7 Å². The van der Waals surface area contributed by atoms with Crippen LogP contribution >= 0.6 is 11.8 Å². The van der Waals surface area contributed by atoms with Gasteiger partial charge in [0.1, 0.15) is 11.1 Å². The second-order valence-corrected chi connectivity index (χ2v) is 8.12. The van der Waals surface area contributed by atoms with Gasteiger partial charge in [-0.15, -0.1) is 10.2 Å². The number of carbonyl (C=O) groups is 1. The molecule has 0 radical (unpaired) electrons. The van der Waals surface area contributed by atoms with Crippen LogP contribution in [0, 0.1) is 12.7 Å². The van der Waals surface area contributed by atoms with E-state index in [9.17, 15) is 9.18 Å². The number of para-hydroxylation sites is 1. The molecule has 0 aliphatic carbocycles. The third-order valence-corrected chi connectivity index (χ3v) is 6.02. The van der Waals surface area contributed by atoms with Crippen LogP contribution < -0.4 is 10.7 Å².